The second-order valence-electron chi connectivity index (χ2n) is 3.33. The fourth-order valence-corrected chi connectivity index (χ4v) is 2.13. The first kappa shape index (κ1) is 7.03. The topological polar surface area (TPSA) is 49.3 Å². The molecular weight excluding hydrogens is 149 g/mol. The zero-order valence-corrected chi connectivity index (χ0v) is 5.96. The first-order valence-corrected chi connectivity index (χ1v) is 3.81. The third-order valence-corrected chi connectivity index (χ3v) is 2.64. The van der Waals surface area contributed by atoms with Gasteiger partial charge in [-0.25, -0.2) is 4.39 Å². The van der Waals surface area contributed by atoms with E-state index in [0.717, 1.165) is 0 Å². The van der Waals surface area contributed by atoms with E-state index < -0.39 is 18.2 Å². The summed E-state index contributed by atoms with van der Waals surface area (Å²) in [7, 11) is 0. The molecule has 1 aliphatic carbocycles. The van der Waals surface area contributed by atoms with Crippen molar-refractivity contribution in [1.82, 2.24) is 5.32 Å². The van der Waals surface area contributed by atoms with Crippen LogP contribution < -0.4 is 5.32 Å². The lowest BCUT2D eigenvalue weighted by Gasteiger charge is -2.21. The van der Waals surface area contributed by atoms with Crippen LogP contribution in [-0.2, 0) is 4.79 Å². The summed E-state index contributed by atoms with van der Waals surface area (Å²) in [4.78, 5) is 10.5. The van der Waals surface area contributed by atoms with Gasteiger partial charge in [-0.05, 0) is 12.8 Å². The van der Waals surface area contributed by atoms with Crippen LogP contribution >= 0.6 is 0 Å². The van der Waals surface area contributed by atoms with Crippen LogP contribution in [0.25, 0.3) is 0 Å². The highest BCUT2D eigenvalue weighted by molar-refractivity contribution is 5.74. The molecular formula is C7H10FNO2. The Hall–Kier alpha value is -0.640. The van der Waals surface area contributed by atoms with Crippen LogP contribution in [0.5, 0.6) is 0 Å². The number of fused-ring (bicyclic) bond motifs is 2. The summed E-state index contributed by atoms with van der Waals surface area (Å²) >= 11 is 0. The molecule has 3 nitrogen and oxygen atoms in total. The van der Waals surface area contributed by atoms with Gasteiger partial charge in [-0.15, -0.1) is 0 Å². The van der Waals surface area contributed by atoms with Gasteiger partial charge in [-0.3, -0.25) is 4.79 Å². The van der Waals surface area contributed by atoms with Crippen molar-refractivity contribution >= 4 is 5.97 Å². The molecule has 4 heteroatoms. The molecule has 1 saturated heterocycles. The summed E-state index contributed by atoms with van der Waals surface area (Å²) in [5, 5.41) is 11.5. The minimum absolute atomic E-state index is 0.107. The molecule has 0 radical (unpaired) electrons. The lowest BCUT2D eigenvalue weighted by molar-refractivity contribution is -0.141. The lowest BCUT2D eigenvalue weighted by atomic mass is 9.99. The molecule has 0 aromatic heterocycles. The Kier molecular flexibility index (Phi) is 1.39. The normalized spacial score (nSPS) is 48.1. The van der Waals surface area contributed by atoms with Gasteiger partial charge in [0, 0.05) is 12.0 Å². The van der Waals surface area contributed by atoms with Crippen molar-refractivity contribution in [2.45, 2.75) is 31.1 Å². The molecule has 0 aromatic carbocycles. The zero-order valence-electron chi connectivity index (χ0n) is 5.96. The molecule has 11 heavy (non-hydrogen) atoms. The molecule has 2 N–H and O–H groups in total. The van der Waals surface area contributed by atoms with Crippen LogP contribution in [0.2, 0.25) is 0 Å². The summed E-state index contributed by atoms with van der Waals surface area (Å²) in [6, 6.07) is -0.528. The highest BCUT2D eigenvalue weighted by Gasteiger charge is 2.49. The highest BCUT2D eigenvalue weighted by Crippen LogP contribution is 2.37. The molecule has 2 rings (SSSR count). The van der Waals surface area contributed by atoms with Gasteiger partial charge in [0.2, 0.25) is 0 Å². The van der Waals surface area contributed by atoms with Gasteiger partial charge in [-0.1, -0.05) is 0 Å². The first-order valence-electron chi connectivity index (χ1n) is 3.81. The predicted molar refractivity (Wildman–Crippen MR) is 36.0 cm³/mol. The van der Waals surface area contributed by atoms with Gasteiger partial charge >= 0.3 is 5.97 Å². The smallest absolute Gasteiger partial charge is 0.321 e. The van der Waals surface area contributed by atoms with E-state index in [2.05, 4.69) is 5.32 Å². The molecule has 1 heterocycles. The number of carbonyl (C=O) groups is 1. The Bertz CT molecular complexity index is 197. The van der Waals surface area contributed by atoms with Crippen molar-refractivity contribution in [3.63, 3.8) is 0 Å². The van der Waals surface area contributed by atoms with Gasteiger partial charge in [0.05, 0.1) is 0 Å². The quantitative estimate of drug-likeness (QED) is 0.573. The van der Waals surface area contributed by atoms with E-state index in [4.69, 9.17) is 5.11 Å². The van der Waals surface area contributed by atoms with Crippen LogP contribution in [0.15, 0.2) is 0 Å². The summed E-state index contributed by atoms with van der Waals surface area (Å²) in [5.74, 6) is -1.20. The summed E-state index contributed by atoms with van der Waals surface area (Å²) < 4.78 is 12.9. The molecule has 62 valence electrons. The number of hydrogen-bond acceptors (Lipinski definition) is 2. The van der Waals surface area contributed by atoms with Crippen LogP contribution in [-0.4, -0.2) is 29.3 Å². The molecule has 2 aliphatic rings. The van der Waals surface area contributed by atoms with Gasteiger partial charge < -0.3 is 10.4 Å². The summed E-state index contributed by atoms with van der Waals surface area (Å²) in [6.07, 6.45) is 0.286. The van der Waals surface area contributed by atoms with E-state index in [1.807, 2.05) is 0 Å². The average molecular weight is 159 g/mol. The number of hydrogen-bond donors (Lipinski definition) is 2. The molecule has 1 saturated carbocycles. The van der Waals surface area contributed by atoms with Gasteiger partial charge in [0.1, 0.15) is 12.2 Å². The third kappa shape index (κ3) is 0.929. The maximum absolute atomic E-state index is 12.9. The maximum Gasteiger partial charge on any atom is 0.321 e. The minimum atomic E-state index is -0.917. The predicted octanol–water partition coefficient (Wildman–Crippen LogP) is 0.159. The van der Waals surface area contributed by atoms with E-state index in [1.54, 1.807) is 0 Å². The first-order chi connectivity index (χ1) is 5.18. The van der Waals surface area contributed by atoms with E-state index in [9.17, 15) is 9.18 Å². The van der Waals surface area contributed by atoms with Crippen LogP contribution in [0.1, 0.15) is 12.8 Å². The lowest BCUT2D eigenvalue weighted by Crippen LogP contribution is -2.45. The molecule has 0 spiro atoms. The van der Waals surface area contributed by atoms with Crippen molar-refractivity contribution < 1.29 is 14.3 Å². The Morgan fingerprint density at radius 1 is 1.55 bits per heavy atom. The SMILES string of the molecule is O=C(O)C1NC2CC(F)C1C2. The minimum Gasteiger partial charge on any atom is -0.480 e. The van der Waals surface area contributed by atoms with E-state index in [-0.39, 0.29) is 12.0 Å². The summed E-state index contributed by atoms with van der Waals surface area (Å²) in [6.45, 7) is 0. The largest absolute Gasteiger partial charge is 0.480 e. The molecule has 2 fully saturated rings. The number of halogens is 1. The molecule has 4 atom stereocenters. The van der Waals surface area contributed by atoms with Crippen molar-refractivity contribution in [2.24, 2.45) is 5.92 Å². The van der Waals surface area contributed by atoms with Gasteiger partial charge in [-0.2, -0.15) is 0 Å². The van der Waals surface area contributed by atoms with Crippen molar-refractivity contribution in [3.8, 4) is 0 Å². The van der Waals surface area contributed by atoms with Crippen LogP contribution in [0, 0.1) is 5.92 Å². The Morgan fingerprint density at radius 2 is 2.27 bits per heavy atom. The Morgan fingerprint density at radius 3 is 2.64 bits per heavy atom. The molecule has 4 unspecified atom stereocenters. The van der Waals surface area contributed by atoms with Crippen LogP contribution in [0.3, 0.4) is 0 Å². The van der Waals surface area contributed by atoms with Crippen molar-refractivity contribution in [1.29, 1.82) is 0 Å². The highest BCUT2D eigenvalue weighted by atomic mass is 19.1. The Labute approximate surface area is 63.6 Å². The van der Waals surface area contributed by atoms with Crippen molar-refractivity contribution in [3.05, 3.63) is 0 Å². The monoisotopic (exact) mass is 159 g/mol. The second-order valence-corrected chi connectivity index (χ2v) is 3.33. The van der Waals surface area contributed by atoms with Gasteiger partial charge in [0.25, 0.3) is 0 Å². The number of carboxylic acid groups (broad SMARTS) is 1. The van der Waals surface area contributed by atoms with E-state index in [0.29, 0.717) is 12.8 Å². The number of aliphatic carboxylic acids is 1. The number of nitrogens with one attached hydrogen (secondary N) is 1. The fourth-order valence-electron chi connectivity index (χ4n) is 2.13. The molecule has 0 amide bonds. The van der Waals surface area contributed by atoms with E-state index in [1.165, 1.54) is 0 Å². The maximum atomic E-state index is 12.9. The van der Waals surface area contributed by atoms with Crippen molar-refractivity contribution in [2.75, 3.05) is 0 Å². The Balaban J connectivity index is 2.12. The number of piperidine rings is 1. The zero-order chi connectivity index (χ0) is 8.01. The second kappa shape index (κ2) is 2.17. The average Bonchev–Trinajstić information content (AvgIpc) is 2.43. The van der Waals surface area contributed by atoms with Gasteiger partial charge in [0.15, 0.2) is 0 Å². The molecule has 1 aliphatic heterocycles. The molecule has 2 bridgehead atoms. The van der Waals surface area contributed by atoms with Crippen LogP contribution in [0.4, 0.5) is 4.39 Å². The number of alkyl halides is 1. The standard InChI is InChI=1S/C7H10FNO2/c8-5-2-3-1-4(5)6(9-3)7(10)11/h3-6,9H,1-2H2,(H,10,11). The molecule has 0 aromatic rings. The summed E-state index contributed by atoms with van der Waals surface area (Å²) in [5.41, 5.74) is 0. The fraction of sp³-hybridized carbons (Fsp3) is 0.857. The number of carboxylic acids is 1. The number of rotatable bonds is 1. The third-order valence-electron chi connectivity index (χ3n) is 2.64. The van der Waals surface area contributed by atoms with E-state index >= 15 is 0 Å².